The molecule has 0 radical (unpaired) electrons. The average Bonchev–Trinajstić information content (AvgIpc) is 2.49. The third-order valence-corrected chi connectivity index (χ3v) is 4.64. The van der Waals surface area contributed by atoms with Crippen LogP contribution in [0.15, 0.2) is 24.3 Å². The first-order valence-electron chi connectivity index (χ1n) is 7.41. The second kappa shape index (κ2) is 6.89. The average molecular weight is 306 g/mol. The summed E-state index contributed by atoms with van der Waals surface area (Å²) in [4.78, 5) is 12.8. The van der Waals surface area contributed by atoms with Gasteiger partial charge >= 0.3 is 0 Å². The van der Waals surface area contributed by atoms with E-state index >= 15 is 0 Å². The Morgan fingerprint density at radius 2 is 1.86 bits per heavy atom. The number of thiocarbonyl (C=S) groups is 1. The Hall–Kier alpha value is -1.62. The van der Waals surface area contributed by atoms with Crippen LogP contribution in [0, 0.1) is 5.41 Å². The summed E-state index contributed by atoms with van der Waals surface area (Å²) in [6.45, 7) is 0.550. The molecule has 0 aromatic heterocycles. The smallest absolute Gasteiger partial charge is 0.233 e. The number of benzene rings is 1. The number of hydrogen-bond donors (Lipinski definition) is 3. The van der Waals surface area contributed by atoms with Crippen LogP contribution >= 0.6 is 12.2 Å². The van der Waals surface area contributed by atoms with E-state index in [0.29, 0.717) is 11.5 Å². The normalized spacial score (nSPS) is 17.1. The number of aromatic hydroxyl groups is 1. The van der Waals surface area contributed by atoms with Crippen LogP contribution < -0.4 is 11.1 Å². The summed E-state index contributed by atoms with van der Waals surface area (Å²) in [6.07, 6.45) is 5.39. The number of phenols is 1. The van der Waals surface area contributed by atoms with E-state index < -0.39 is 5.41 Å². The summed E-state index contributed by atoms with van der Waals surface area (Å²) in [7, 11) is 0. The number of amides is 1. The van der Waals surface area contributed by atoms with Crippen LogP contribution in [0.3, 0.4) is 0 Å². The SMILES string of the molecule is NC(=S)C1(C(=O)NCCc2ccc(O)cc2)CCCCC1. The summed E-state index contributed by atoms with van der Waals surface area (Å²) < 4.78 is 0. The van der Waals surface area contributed by atoms with E-state index in [-0.39, 0.29) is 11.7 Å². The minimum Gasteiger partial charge on any atom is -0.508 e. The van der Waals surface area contributed by atoms with Gasteiger partial charge < -0.3 is 16.2 Å². The quantitative estimate of drug-likeness (QED) is 0.730. The Bertz CT molecular complexity index is 508. The van der Waals surface area contributed by atoms with Crippen molar-refractivity contribution in [2.45, 2.75) is 38.5 Å². The molecule has 1 saturated carbocycles. The van der Waals surface area contributed by atoms with Gasteiger partial charge in [0, 0.05) is 6.54 Å². The van der Waals surface area contributed by atoms with Crippen LogP contribution in [0.25, 0.3) is 0 Å². The molecular formula is C16H22N2O2S. The molecule has 1 aliphatic rings. The van der Waals surface area contributed by atoms with Gasteiger partial charge in [0.05, 0.1) is 10.4 Å². The lowest BCUT2D eigenvalue weighted by Crippen LogP contribution is -2.50. The zero-order chi connectivity index (χ0) is 15.3. The summed E-state index contributed by atoms with van der Waals surface area (Å²) in [5.74, 6) is 0.214. The largest absolute Gasteiger partial charge is 0.508 e. The molecule has 4 nitrogen and oxygen atoms in total. The first-order valence-corrected chi connectivity index (χ1v) is 7.81. The first-order chi connectivity index (χ1) is 10.0. The molecule has 0 atom stereocenters. The number of nitrogens with one attached hydrogen (secondary N) is 1. The van der Waals surface area contributed by atoms with Crippen molar-refractivity contribution < 1.29 is 9.90 Å². The van der Waals surface area contributed by atoms with Gasteiger partial charge in [-0.1, -0.05) is 43.6 Å². The molecule has 2 rings (SSSR count). The van der Waals surface area contributed by atoms with E-state index in [1.165, 1.54) is 0 Å². The third kappa shape index (κ3) is 3.73. The van der Waals surface area contributed by atoms with Crippen LogP contribution in [0.2, 0.25) is 0 Å². The van der Waals surface area contributed by atoms with Gasteiger partial charge in [-0.3, -0.25) is 4.79 Å². The third-order valence-electron chi connectivity index (χ3n) is 4.25. The van der Waals surface area contributed by atoms with Crippen molar-refractivity contribution in [2.75, 3.05) is 6.54 Å². The monoisotopic (exact) mass is 306 g/mol. The van der Waals surface area contributed by atoms with Crippen LogP contribution in [0.1, 0.15) is 37.7 Å². The number of carbonyl (C=O) groups excluding carboxylic acids is 1. The maximum absolute atomic E-state index is 12.5. The molecule has 1 aliphatic carbocycles. The lowest BCUT2D eigenvalue weighted by atomic mass is 9.73. The zero-order valence-electron chi connectivity index (χ0n) is 12.1. The topological polar surface area (TPSA) is 75.4 Å². The molecule has 0 unspecified atom stereocenters. The molecule has 4 N–H and O–H groups in total. The Kier molecular flexibility index (Phi) is 5.17. The highest BCUT2D eigenvalue weighted by Crippen LogP contribution is 2.36. The van der Waals surface area contributed by atoms with Crippen molar-refractivity contribution in [1.82, 2.24) is 5.32 Å². The Morgan fingerprint density at radius 1 is 1.24 bits per heavy atom. The maximum atomic E-state index is 12.5. The molecule has 1 fully saturated rings. The number of nitrogens with two attached hydrogens (primary N) is 1. The summed E-state index contributed by atoms with van der Waals surface area (Å²) in [5.41, 5.74) is 6.27. The fraction of sp³-hybridized carbons (Fsp3) is 0.500. The van der Waals surface area contributed by atoms with Crippen molar-refractivity contribution in [3.63, 3.8) is 0 Å². The van der Waals surface area contributed by atoms with Gasteiger partial charge in [-0.05, 0) is 37.0 Å². The van der Waals surface area contributed by atoms with Gasteiger partial charge in [0.1, 0.15) is 5.75 Å². The van der Waals surface area contributed by atoms with Gasteiger partial charge in [-0.2, -0.15) is 0 Å². The Morgan fingerprint density at radius 3 is 2.43 bits per heavy atom. The lowest BCUT2D eigenvalue weighted by Gasteiger charge is -2.34. The highest BCUT2D eigenvalue weighted by atomic mass is 32.1. The van der Waals surface area contributed by atoms with E-state index in [2.05, 4.69) is 5.32 Å². The lowest BCUT2D eigenvalue weighted by molar-refractivity contribution is -0.128. The zero-order valence-corrected chi connectivity index (χ0v) is 12.9. The van der Waals surface area contributed by atoms with Gasteiger partial charge in [-0.15, -0.1) is 0 Å². The molecule has 0 heterocycles. The maximum Gasteiger partial charge on any atom is 0.233 e. The highest BCUT2D eigenvalue weighted by molar-refractivity contribution is 7.80. The van der Waals surface area contributed by atoms with E-state index in [4.69, 9.17) is 18.0 Å². The van der Waals surface area contributed by atoms with Gasteiger partial charge in [0.25, 0.3) is 0 Å². The molecule has 5 heteroatoms. The van der Waals surface area contributed by atoms with Crippen molar-refractivity contribution >= 4 is 23.1 Å². The minimum atomic E-state index is -0.650. The second-order valence-electron chi connectivity index (χ2n) is 5.68. The molecule has 1 aromatic rings. The number of rotatable bonds is 5. The number of hydrogen-bond acceptors (Lipinski definition) is 3. The fourth-order valence-corrected chi connectivity index (χ4v) is 3.19. The molecule has 114 valence electrons. The van der Waals surface area contributed by atoms with Gasteiger partial charge in [0.2, 0.25) is 5.91 Å². The molecule has 1 aromatic carbocycles. The fourth-order valence-electron chi connectivity index (χ4n) is 2.89. The summed E-state index contributed by atoms with van der Waals surface area (Å²) in [5, 5.41) is 12.2. The molecule has 0 saturated heterocycles. The van der Waals surface area contributed by atoms with Crippen LogP contribution in [-0.4, -0.2) is 22.5 Å². The standard InChI is InChI=1S/C16H22N2O2S/c17-14(21)16(9-2-1-3-10-16)15(20)18-11-8-12-4-6-13(19)7-5-12/h4-7,19H,1-3,8-11H2,(H2,17,21)(H,18,20). The van der Waals surface area contributed by atoms with Crippen molar-refractivity contribution in [3.8, 4) is 5.75 Å². The van der Waals surface area contributed by atoms with Crippen molar-refractivity contribution in [3.05, 3.63) is 29.8 Å². The highest BCUT2D eigenvalue weighted by Gasteiger charge is 2.41. The predicted octanol–water partition coefficient (Wildman–Crippen LogP) is 2.29. The molecule has 0 aliphatic heterocycles. The molecule has 0 spiro atoms. The van der Waals surface area contributed by atoms with E-state index in [1.54, 1.807) is 12.1 Å². The van der Waals surface area contributed by atoms with Crippen LogP contribution in [0.5, 0.6) is 5.75 Å². The van der Waals surface area contributed by atoms with E-state index in [0.717, 1.165) is 44.1 Å². The summed E-state index contributed by atoms with van der Waals surface area (Å²) in [6, 6.07) is 7.00. The van der Waals surface area contributed by atoms with Crippen molar-refractivity contribution in [1.29, 1.82) is 0 Å². The van der Waals surface area contributed by atoms with Gasteiger partial charge in [0.15, 0.2) is 0 Å². The van der Waals surface area contributed by atoms with Crippen molar-refractivity contribution in [2.24, 2.45) is 11.1 Å². The summed E-state index contributed by atoms with van der Waals surface area (Å²) >= 11 is 5.15. The number of phenolic OH excluding ortho intramolecular Hbond substituents is 1. The van der Waals surface area contributed by atoms with Gasteiger partial charge in [-0.25, -0.2) is 0 Å². The van der Waals surface area contributed by atoms with Crippen LogP contribution in [-0.2, 0) is 11.2 Å². The molecule has 21 heavy (non-hydrogen) atoms. The predicted molar refractivity (Wildman–Crippen MR) is 87.1 cm³/mol. The molecule has 1 amide bonds. The molecular weight excluding hydrogens is 284 g/mol. The second-order valence-corrected chi connectivity index (χ2v) is 6.12. The minimum absolute atomic E-state index is 0.0338. The van der Waals surface area contributed by atoms with E-state index in [1.807, 2.05) is 12.1 Å². The first kappa shape index (κ1) is 15.8. The van der Waals surface area contributed by atoms with Crippen LogP contribution in [0.4, 0.5) is 0 Å². The Balaban J connectivity index is 1.90. The van der Waals surface area contributed by atoms with E-state index in [9.17, 15) is 9.90 Å². The Labute approximate surface area is 130 Å². The molecule has 0 bridgehead atoms. The number of carbonyl (C=O) groups is 1.